The lowest BCUT2D eigenvalue weighted by atomic mass is 10.1. The van der Waals surface area contributed by atoms with Crippen LogP contribution in [0.1, 0.15) is 12.0 Å². The summed E-state index contributed by atoms with van der Waals surface area (Å²) in [6.45, 7) is 1.33. The molecule has 0 saturated carbocycles. The Balaban J connectivity index is 1.92. The zero-order chi connectivity index (χ0) is 13.2. The van der Waals surface area contributed by atoms with Crippen molar-refractivity contribution in [3.8, 4) is 0 Å². The van der Waals surface area contributed by atoms with E-state index < -0.39 is 10.2 Å². The Kier molecular flexibility index (Phi) is 4.37. The lowest BCUT2D eigenvalue weighted by molar-refractivity contribution is 0.304. The van der Waals surface area contributed by atoms with Crippen LogP contribution >= 0.6 is 15.9 Å². The van der Waals surface area contributed by atoms with Crippen molar-refractivity contribution in [2.45, 2.75) is 12.8 Å². The van der Waals surface area contributed by atoms with Gasteiger partial charge in [0.25, 0.3) is 10.2 Å². The molecule has 1 aromatic rings. The molecule has 1 saturated heterocycles. The highest BCUT2D eigenvalue weighted by Crippen LogP contribution is 2.20. The van der Waals surface area contributed by atoms with Crippen LogP contribution in [-0.4, -0.2) is 32.4 Å². The van der Waals surface area contributed by atoms with Gasteiger partial charge in [0.15, 0.2) is 0 Å². The fraction of sp³-hybridized carbons (Fsp3) is 0.455. The Morgan fingerprint density at radius 3 is 2.67 bits per heavy atom. The molecule has 0 aliphatic carbocycles. The molecule has 1 N–H and O–H groups in total. The maximum absolute atomic E-state index is 13.5. The smallest absolute Gasteiger partial charge is 0.207 e. The lowest BCUT2D eigenvalue weighted by Gasteiger charge is -2.29. The van der Waals surface area contributed by atoms with Gasteiger partial charge in [0.2, 0.25) is 0 Å². The largest absolute Gasteiger partial charge is 0.279 e. The summed E-state index contributed by atoms with van der Waals surface area (Å²) in [5, 5.41) is 0. The molecule has 2 rings (SSSR count). The van der Waals surface area contributed by atoms with Crippen LogP contribution in [-0.2, 0) is 16.6 Å². The average molecular weight is 337 g/mol. The molecule has 0 amide bonds. The van der Waals surface area contributed by atoms with Gasteiger partial charge in [-0.2, -0.15) is 12.7 Å². The van der Waals surface area contributed by atoms with Gasteiger partial charge in [0, 0.05) is 29.7 Å². The van der Waals surface area contributed by atoms with Crippen molar-refractivity contribution in [3.63, 3.8) is 0 Å². The standard InChI is InChI=1S/C11H14BrFN2O2S/c12-10-3-1-4-11(13)9(10)5-6-14-18(16,17)15-7-2-8-15/h1,3-4,14H,2,5-8H2. The molecule has 0 atom stereocenters. The highest BCUT2D eigenvalue weighted by Gasteiger charge is 2.26. The first-order chi connectivity index (χ1) is 8.50. The number of benzene rings is 1. The van der Waals surface area contributed by atoms with Crippen LogP contribution in [0.3, 0.4) is 0 Å². The third-order valence-corrected chi connectivity index (χ3v) is 5.23. The first-order valence-electron chi connectivity index (χ1n) is 5.68. The van der Waals surface area contributed by atoms with E-state index in [-0.39, 0.29) is 12.4 Å². The number of rotatable bonds is 5. The SMILES string of the molecule is O=S(=O)(NCCc1c(F)cccc1Br)N1CCC1. The molecule has 1 aliphatic rings. The summed E-state index contributed by atoms with van der Waals surface area (Å²) in [5.74, 6) is -0.326. The van der Waals surface area contributed by atoms with Crippen molar-refractivity contribution in [3.05, 3.63) is 34.1 Å². The predicted molar refractivity (Wildman–Crippen MR) is 70.9 cm³/mol. The molecule has 1 aromatic carbocycles. The first kappa shape index (κ1) is 13.9. The van der Waals surface area contributed by atoms with E-state index in [1.165, 1.54) is 10.4 Å². The number of hydrogen-bond donors (Lipinski definition) is 1. The van der Waals surface area contributed by atoms with E-state index in [9.17, 15) is 12.8 Å². The summed E-state index contributed by atoms with van der Waals surface area (Å²) in [6, 6.07) is 4.71. The first-order valence-corrected chi connectivity index (χ1v) is 7.91. The fourth-order valence-electron chi connectivity index (χ4n) is 1.70. The number of nitrogens with zero attached hydrogens (tertiary/aromatic N) is 1. The molecule has 7 heteroatoms. The third kappa shape index (κ3) is 3.09. The minimum Gasteiger partial charge on any atom is -0.207 e. The molecule has 0 aromatic heterocycles. The van der Waals surface area contributed by atoms with Gasteiger partial charge in [-0.05, 0) is 25.0 Å². The Morgan fingerprint density at radius 1 is 1.39 bits per heavy atom. The molecule has 0 unspecified atom stereocenters. The van der Waals surface area contributed by atoms with Crippen LogP contribution in [0.5, 0.6) is 0 Å². The van der Waals surface area contributed by atoms with Gasteiger partial charge in [-0.25, -0.2) is 9.11 Å². The van der Waals surface area contributed by atoms with Crippen molar-refractivity contribution >= 4 is 26.1 Å². The molecule has 100 valence electrons. The van der Waals surface area contributed by atoms with Crippen molar-refractivity contribution in [1.82, 2.24) is 9.03 Å². The van der Waals surface area contributed by atoms with Gasteiger partial charge >= 0.3 is 0 Å². The Morgan fingerprint density at radius 2 is 2.11 bits per heavy atom. The maximum Gasteiger partial charge on any atom is 0.279 e. The summed E-state index contributed by atoms with van der Waals surface area (Å²) < 4.78 is 41.4. The van der Waals surface area contributed by atoms with Crippen LogP contribution in [0.15, 0.2) is 22.7 Å². The van der Waals surface area contributed by atoms with E-state index in [2.05, 4.69) is 20.7 Å². The van der Waals surface area contributed by atoms with Gasteiger partial charge in [-0.3, -0.25) is 0 Å². The van der Waals surface area contributed by atoms with Crippen molar-refractivity contribution < 1.29 is 12.8 Å². The second-order valence-electron chi connectivity index (χ2n) is 4.10. The van der Waals surface area contributed by atoms with E-state index in [4.69, 9.17) is 0 Å². The third-order valence-electron chi connectivity index (χ3n) is 2.88. The molecule has 0 radical (unpaired) electrons. The van der Waals surface area contributed by atoms with E-state index in [0.29, 0.717) is 29.5 Å². The monoisotopic (exact) mass is 336 g/mol. The van der Waals surface area contributed by atoms with Crippen LogP contribution < -0.4 is 4.72 Å². The molecule has 1 aliphatic heterocycles. The van der Waals surface area contributed by atoms with E-state index >= 15 is 0 Å². The summed E-state index contributed by atoms with van der Waals surface area (Å²) in [4.78, 5) is 0. The number of nitrogens with one attached hydrogen (secondary N) is 1. The lowest BCUT2D eigenvalue weighted by Crippen LogP contribution is -2.48. The zero-order valence-electron chi connectivity index (χ0n) is 9.70. The van der Waals surface area contributed by atoms with Crippen LogP contribution in [0.2, 0.25) is 0 Å². The number of halogens is 2. The molecule has 4 nitrogen and oxygen atoms in total. The maximum atomic E-state index is 13.5. The summed E-state index contributed by atoms with van der Waals surface area (Å²) in [6.07, 6.45) is 1.22. The molecule has 0 spiro atoms. The van der Waals surface area contributed by atoms with Crippen LogP contribution in [0, 0.1) is 5.82 Å². The average Bonchev–Trinajstić information content (AvgIpc) is 2.19. The minimum absolute atomic E-state index is 0.193. The van der Waals surface area contributed by atoms with Gasteiger partial charge in [0.1, 0.15) is 5.82 Å². The quantitative estimate of drug-likeness (QED) is 0.889. The van der Waals surface area contributed by atoms with Crippen molar-refractivity contribution in [2.75, 3.05) is 19.6 Å². The fourth-order valence-corrected chi connectivity index (χ4v) is 3.52. The highest BCUT2D eigenvalue weighted by atomic mass is 79.9. The molecular weight excluding hydrogens is 323 g/mol. The Hall–Kier alpha value is -0.500. The van der Waals surface area contributed by atoms with Crippen LogP contribution in [0.25, 0.3) is 0 Å². The van der Waals surface area contributed by atoms with Crippen molar-refractivity contribution in [2.24, 2.45) is 0 Å². The van der Waals surface area contributed by atoms with E-state index in [1.54, 1.807) is 12.1 Å². The summed E-state index contributed by atoms with van der Waals surface area (Å²) in [7, 11) is -3.37. The summed E-state index contributed by atoms with van der Waals surface area (Å²) >= 11 is 3.25. The highest BCUT2D eigenvalue weighted by molar-refractivity contribution is 9.10. The van der Waals surface area contributed by atoms with Gasteiger partial charge in [-0.15, -0.1) is 0 Å². The molecule has 0 bridgehead atoms. The summed E-state index contributed by atoms with van der Waals surface area (Å²) in [5.41, 5.74) is 0.490. The topological polar surface area (TPSA) is 49.4 Å². The minimum atomic E-state index is -3.37. The molecular formula is C11H14BrFN2O2S. The normalized spacial score (nSPS) is 16.6. The van der Waals surface area contributed by atoms with Crippen molar-refractivity contribution in [1.29, 1.82) is 0 Å². The molecule has 1 heterocycles. The van der Waals surface area contributed by atoms with Gasteiger partial charge < -0.3 is 0 Å². The van der Waals surface area contributed by atoms with Crippen LogP contribution in [0.4, 0.5) is 4.39 Å². The number of hydrogen-bond acceptors (Lipinski definition) is 2. The zero-order valence-corrected chi connectivity index (χ0v) is 12.1. The molecule has 1 fully saturated rings. The van der Waals surface area contributed by atoms with E-state index in [1.807, 2.05) is 0 Å². The van der Waals surface area contributed by atoms with Gasteiger partial charge in [-0.1, -0.05) is 22.0 Å². The molecule has 18 heavy (non-hydrogen) atoms. The second kappa shape index (κ2) is 5.64. The predicted octanol–water partition coefficient (Wildman–Crippen LogP) is 1.67. The van der Waals surface area contributed by atoms with Gasteiger partial charge in [0.05, 0.1) is 0 Å². The second-order valence-corrected chi connectivity index (χ2v) is 6.71. The Labute approximate surface area is 114 Å². The van der Waals surface area contributed by atoms with E-state index in [0.717, 1.165) is 6.42 Å². The Bertz CT molecular complexity index is 512.